The summed E-state index contributed by atoms with van der Waals surface area (Å²) in [5, 5.41) is 0. The average Bonchev–Trinajstić information content (AvgIpc) is 2.65. The number of benzene rings is 2. The molecule has 0 heterocycles. The van der Waals surface area contributed by atoms with Crippen LogP contribution < -0.4 is 16.2 Å². The topological polar surface area (TPSA) is 64.5 Å². The Balaban J connectivity index is 1.96. The van der Waals surface area contributed by atoms with Crippen LogP contribution in [-0.2, 0) is 0 Å². The first-order valence-electron chi connectivity index (χ1n) is 9.78. The van der Waals surface area contributed by atoms with Crippen LogP contribution in [0.5, 0.6) is 5.75 Å². The van der Waals surface area contributed by atoms with Crippen LogP contribution in [0.4, 0.5) is 11.4 Å². The Morgan fingerprint density at radius 1 is 0.889 bits per heavy atom. The minimum atomic E-state index is 0.137. The molecule has 2 unspecified atom stereocenters. The summed E-state index contributed by atoms with van der Waals surface area (Å²) < 4.78 is 6.20. The second-order valence-electron chi connectivity index (χ2n) is 6.96. The van der Waals surface area contributed by atoms with Gasteiger partial charge in [-0.2, -0.15) is 0 Å². The van der Waals surface area contributed by atoms with Gasteiger partial charge in [-0.1, -0.05) is 25.6 Å². The third-order valence-electron chi connectivity index (χ3n) is 4.72. The molecule has 0 aromatic heterocycles. The molecule has 4 nitrogen and oxygen atoms in total. The number of nitrogen functional groups attached to an aromatic ring is 2. The molecule has 5 heteroatoms. The summed E-state index contributed by atoms with van der Waals surface area (Å²) in [4.78, 5) is 4.73. The summed E-state index contributed by atoms with van der Waals surface area (Å²) >= 11 is 1.66. The van der Waals surface area contributed by atoms with Crippen LogP contribution in [0, 0.1) is 0 Å². The fourth-order valence-corrected chi connectivity index (χ4v) is 3.91. The fourth-order valence-electron chi connectivity index (χ4n) is 3.04. The molecule has 2 aromatic rings. The molecular weight excluding hydrogens is 354 g/mol. The maximum Gasteiger partial charge on any atom is 0.119 e. The largest absolute Gasteiger partial charge is 0.489 e. The predicted molar refractivity (Wildman–Crippen MR) is 118 cm³/mol. The highest BCUT2D eigenvalue weighted by Crippen LogP contribution is 2.32. The molecular formula is C22H33N3OS. The van der Waals surface area contributed by atoms with Gasteiger partial charge in [-0.3, -0.25) is 4.90 Å². The molecule has 4 N–H and O–H groups in total. The Kier molecular flexibility index (Phi) is 8.32. The number of hydrogen-bond donors (Lipinski definition) is 2. The van der Waals surface area contributed by atoms with Gasteiger partial charge in [0.2, 0.25) is 0 Å². The van der Waals surface area contributed by atoms with Crippen LogP contribution in [0.25, 0.3) is 0 Å². The Labute approximate surface area is 168 Å². The average molecular weight is 388 g/mol. The van der Waals surface area contributed by atoms with Crippen molar-refractivity contribution in [3.05, 3.63) is 42.5 Å². The third kappa shape index (κ3) is 6.36. The number of ether oxygens (including phenoxy) is 1. The van der Waals surface area contributed by atoms with E-state index < -0.39 is 0 Å². The van der Waals surface area contributed by atoms with Crippen molar-refractivity contribution < 1.29 is 4.74 Å². The number of nitrogens with two attached hydrogens (primary N) is 2. The van der Waals surface area contributed by atoms with Crippen molar-refractivity contribution in [3.63, 3.8) is 0 Å². The Hall–Kier alpha value is -1.85. The first-order chi connectivity index (χ1) is 12.9. The molecule has 0 aliphatic heterocycles. The van der Waals surface area contributed by atoms with Crippen molar-refractivity contribution in [2.45, 2.75) is 62.5 Å². The van der Waals surface area contributed by atoms with Gasteiger partial charge < -0.3 is 16.2 Å². The van der Waals surface area contributed by atoms with Crippen LogP contribution in [-0.4, -0.2) is 30.1 Å². The van der Waals surface area contributed by atoms with Crippen LogP contribution in [0.1, 0.15) is 40.5 Å². The highest BCUT2D eigenvalue weighted by Gasteiger charge is 2.20. The zero-order valence-electron chi connectivity index (χ0n) is 16.9. The van der Waals surface area contributed by atoms with Gasteiger partial charge in [0.15, 0.2) is 0 Å². The second-order valence-corrected chi connectivity index (χ2v) is 8.11. The Bertz CT molecular complexity index is 699. The summed E-state index contributed by atoms with van der Waals surface area (Å²) in [6.45, 7) is 11.1. The molecule has 0 bridgehead atoms. The zero-order valence-corrected chi connectivity index (χ0v) is 17.8. The van der Waals surface area contributed by atoms with E-state index in [0.29, 0.717) is 17.4 Å². The van der Waals surface area contributed by atoms with Crippen molar-refractivity contribution in [1.29, 1.82) is 0 Å². The lowest BCUT2D eigenvalue weighted by Crippen LogP contribution is -2.43. The van der Waals surface area contributed by atoms with Crippen LogP contribution in [0.3, 0.4) is 0 Å². The monoisotopic (exact) mass is 387 g/mol. The molecule has 148 valence electrons. The molecule has 0 radical (unpaired) electrons. The van der Waals surface area contributed by atoms with Crippen LogP contribution in [0.2, 0.25) is 0 Å². The molecule has 0 saturated carbocycles. The number of hydrogen-bond acceptors (Lipinski definition) is 5. The fraction of sp³-hybridized carbons (Fsp3) is 0.455. The van der Waals surface area contributed by atoms with Gasteiger partial charge in [0.1, 0.15) is 11.9 Å². The second kappa shape index (κ2) is 10.5. The molecule has 0 saturated heterocycles. The Morgan fingerprint density at radius 3 is 2.04 bits per heavy atom. The Morgan fingerprint density at radius 2 is 1.48 bits per heavy atom. The van der Waals surface area contributed by atoms with Crippen molar-refractivity contribution in [2.24, 2.45) is 0 Å². The number of nitrogens with zero attached hydrogens (tertiary/aromatic N) is 1. The maximum atomic E-state index is 6.20. The minimum absolute atomic E-state index is 0.137. The molecule has 2 aromatic carbocycles. The predicted octanol–water partition coefficient (Wildman–Crippen LogP) is 5.28. The van der Waals surface area contributed by atoms with Crippen LogP contribution >= 0.6 is 11.8 Å². The highest BCUT2D eigenvalue weighted by molar-refractivity contribution is 7.99. The van der Waals surface area contributed by atoms with Crippen molar-refractivity contribution >= 4 is 23.1 Å². The number of anilines is 2. The van der Waals surface area contributed by atoms with E-state index in [-0.39, 0.29) is 6.10 Å². The van der Waals surface area contributed by atoms with Gasteiger partial charge in [-0.05, 0) is 82.2 Å². The quantitative estimate of drug-likeness (QED) is 0.543. The van der Waals surface area contributed by atoms with Crippen molar-refractivity contribution in [1.82, 2.24) is 4.90 Å². The van der Waals surface area contributed by atoms with Gasteiger partial charge in [-0.15, -0.1) is 0 Å². The van der Waals surface area contributed by atoms with Gasteiger partial charge in [0, 0.05) is 15.8 Å². The lowest BCUT2D eigenvalue weighted by atomic mass is 10.1. The zero-order chi connectivity index (χ0) is 19.8. The molecule has 27 heavy (non-hydrogen) atoms. The van der Waals surface area contributed by atoms with E-state index >= 15 is 0 Å². The molecule has 0 fully saturated rings. The lowest BCUT2D eigenvalue weighted by molar-refractivity contribution is 0.0872. The van der Waals surface area contributed by atoms with Crippen molar-refractivity contribution in [3.8, 4) is 5.75 Å². The summed E-state index contributed by atoms with van der Waals surface area (Å²) in [7, 11) is 0. The van der Waals surface area contributed by atoms with E-state index in [4.69, 9.17) is 16.2 Å². The summed E-state index contributed by atoms with van der Waals surface area (Å²) in [5.41, 5.74) is 12.9. The molecule has 0 amide bonds. The van der Waals surface area contributed by atoms with E-state index in [0.717, 1.165) is 28.6 Å². The van der Waals surface area contributed by atoms with Crippen LogP contribution in [0.15, 0.2) is 52.3 Å². The number of rotatable bonds is 10. The maximum absolute atomic E-state index is 6.20. The van der Waals surface area contributed by atoms with Gasteiger partial charge in [0.25, 0.3) is 0 Å². The molecule has 0 aliphatic carbocycles. The van der Waals surface area contributed by atoms with E-state index in [1.54, 1.807) is 11.8 Å². The van der Waals surface area contributed by atoms with E-state index in [9.17, 15) is 0 Å². The van der Waals surface area contributed by atoms with Gasteiger partial charge in [-0.25, -0.2) is 0 Å². The van der Waals surface area contributed by atoms with E-state index in [2.05, 4.69) is 44.7 Å². The molecule has 2 atom stereocenters. The third-order valence-corrected chi connectivity index (χ3v) is 5.71. The first kappa shape index (κ1) is 21.5. The highest BCUT2D eigenvalue weighted by atomic mass is 32.2. The van der Waals surface area contributed by atoms with Gasteiger partial charge >= 0.3 is 0 Å². The van der Waals surface area contributed by atoms with Crippen molar-refractivity contribution in [2.75, 3.05) is 24.6 Å². The first-order valence-corrected chi connectivity index (χ1v) is 10.6. The normalized spacial score (nSPS) is 13.5. The minimum Gasteiger partial charge on any atom is -0.489 e. The smallest absolute Gasteiger partial charge is 0.119 e. The van der Waals surface area contributed by atoms with Gasteiger partial charge in [0.05, 0.1) is 11.4 Å². The van der Waals surface area contributed by atoms with E-state index in [1.807, 2.05) is 30.3 Å². The molecule has 0 aliphatic rings. The summed E-state index contributed by atoms with van der Waals surface area (Å²) in [6, 6.07) is 14.4. The summed E-state index contributed by atoms with van der Waals surface area (Å²) in [5.74, 6) is 0.906. The lowest BCUT2D eigenvalue weighted by Gasteiger charge is -2.32. The summed E-state index contributed by atoms with van der Waals surface area (Å²) in [6.07, 6.45) is 2.47. The standard InChI is InChI=1S/C22H33N3OS/c1-5-13-25(14-6-2)16(3)17(4)26-18-7-9-19(10-8-18)27-20-11-12-21(23)22(24)15-20/h7-12,15-17H,5-6,13-14,23-24H2,1-4H3. The SMILES string of the molecule is CCCN(CCC)C(C)C(C)Oc1ccc(Sc2ccc(N)c(N)c2)cc1. The molecule has 2 rings (SSSR count). The molecule has 0 spiro atoms. The van der Waals surface area contributed by atoms with E-state index in [1.165, 1.54) is 12.8 Å².